The van der Waals surface area contributed by atoms with Crippen molar-refractivity contribution in [1.29, 1.82) is 0 Å². The van der Waals surface area contributed by atoms with E-state index >= 15 is 0 Å². The van der Waals surface area contributed by atoms with Gasteiger partial charge in [-0.3, -0.25) is 10.0 Å². The number of halogens is 1. The molecule has 4 heteroatoms. The average Bonchev–Trinajstić information content (AvgIpc) is 2.05. The smallest absolute Gasteiger partial charge is 0.274 e. The third-order valence-electron chi connectivity index (χ3n) is 1.21. The number of carbonyl (C=O) groups excluding carboxylic acids is 1. The lowest BCUT2D eigenvalue weighted by Gasteiger charge is -1.96. The second-order valence-electron chi connectivity index (χ2n) is 1.95. The topological polar surface area (TPSA) is 49.3 Å². The molecule has 0 unspecified atom stereocenters. The van der Waals surface area contributed by atoms with Gasteiger partial charge in [0.05, 0.1) is 0 Å². The van der Waals surface area contributed by atoms with Gasteiger partial charge < -0.3 is 0 Å². The summed E-state index contributed by atoms with van der Waals surface area (Å²) in [6, 6.07) is 6.67. The van der Waals surface area contributed by atoms with Crippen LogP contribution in [0.4, 0.5) is 0 Å². The molecule has 1 aromatic rings. The van der Waals surface area contributed by atoms with Gasteiger partial charge in [0.1, 0.15) is 0 Å². The van der Waals surface area contributed by atoms with Gasteiger partial charge in [0.2, 0.25) is 0 Å². The van der Waals surface area contributed by atoms with Gasteiger partial charge in [0.15, 0.2) is 0 Å². The van der Waals surface area contributed by atoms with Crippen LogP contribution >= 0.6 is 15.9 Å². The third-order valence-corrected chi connectivity index (χ3v) is 1.74. The highest BCUT2D eigenvalue weighted by molar-refractivity contribution is 9.10. The zero-order valence-corrected chi connectivity index (χ0v) is 7.13. The summed E-state index contributed by atoms with van der Waals surface area (Å²) >= 11 is 3.22. The van der Waals surface area contributed by atoms with E-state index in [-0.39, 0.29) is 0 Å². The van der Waals surface area contributed by atoms with Crippen molar-refractivity contribution in [3.63, 3.8) is 0 Å². The van der Waals surface area contributed by atoms with E-state index in [1.807, 2.05) is 0 Å². The molecule has 0 aromatic heterocycles. The Morgan fingerprint density at radius 2 is 1.91 bits per heavy atom. The molecule has 3 nitrogen and oxygen atoms in total. The van der Waals surface area contributed by atoms with Crippen LogP contribution in [0.15, 0.2) is 28.7 Å². The molecule has 0 aliphatic rings. The van der Waals surface area contributed by atoms with Gasteiger partial charge in [-0.2, -0.15) is 0 Å². The standard InChI is InChI=1S/C7H6BrNO2/c8-6-3-1-5(2-4-6)7(10)9-11/h1-4,11H,(H,9,10). The Hall–Kier alpha value is -0.870. The molecule has 0 spiro atoms. The number of hydroxylamine groups is 1. The van der Waals surface area contributed by atoms with Crippen molar-refractivity contribution in [3.8, 4) is 0 Å². The fourth-order valence-electron chi connectivity index (χ4n) is 0.666. The second-order valence-corrected chi connectivity index (χ2v) is 2.86. The van der Waals surface area contributed by atoms with E-state index in [2.05, 4.69) is 15.9 Å². The Kier molecular flexibility index (Phi) is 2.62. The summed E-state index contributed by atoms with van der Waals surface area (Å²) in [7, 11) is 0. The lowest BCUT2D eigenvalue weighted by atomic mass is 10.2. The molecule has 0 radical (unpaired) electrons. The van der Waals surface area contributed by atoms with Gasteiger partial charge in [-0.15, -0.1) is 0 Å². The van der Waals surface area contributed by atoms with Crippen LogP contribution < -0.4 is 5.48 Å². The van der Waals surface area contributed by atoms with Crippen molar-refractivity contribution in [3.05, 3.63) is 34.3 Å². The monoisotopic (exact) mass is 215 g/mol. The Labute approximate surface area is 72.1 Å². The lowest BCUT2D eigenvalue weighted by molar-refractivity contribution is 0.0706. The number of amides is 1. The van der Waals surface area contributed by atoms with Crippen molar-refractivity contribution in [2.75, 3.05) is 0 Å². The molecule has 0 atom stereocenters. The molecule has 0 saturated carbocycles. The molecule has 0 saturated heterocycles. The van der Waals surface area contributed by atoms with Crippen LogP contribution in [-0.2, 0) is 0 Å². The number of nitrogens with one attached hydrogen (secondary N) is 1. The van der Waals surface area contributed by atoms with Crippen LogP contribution in [0.2, 0.25) is 0 Å². The maximum Gasteiger partial charge on any atom is 0.274 e. The molecule has 1 amide bonds. The number of carbonyl (C=O) groups is 1. The minimum absolute atomic E-state index is 0.427. The molecular formula is C7H6BrNO2. The summed E-state index contributed by atoms with van der Waals surface area (Å²) in [5.74, 6) is -0.502. The van der Waals surface area contributed by atoms with Gasteiger partial charge in [-0.05, 0) is 24.3 Å². The Morgan fingerprint density at radius 1 is 1.36 bits per heavy atom. The van der Waals surface area contributed by atoms with E-state index in [0.717, 1.165) is 4.47 Å². The molecule has 2 N–H and O–H groups in total. The maximum absolute atomic E-state index is 10.7. The summed E-state index contributed by atoms with van der Waals surface area (Å²) in [4.78, 5) is 10.7. The first-order valence-electron chi connectivity index (χ1n) is 2.94. The van der Waals surface area contributed by atoms with E-state index in [4.69, 9.17) is 5.21 Å². The van der Waals surface area contributed by atoms with E-state index in [1.54, 1.807) is 29.7 Å². The Morgan fingerprint density at radius 3 is 2.36 bits per heavy atom. The predicted octanol–water partition coefficient (Wildman–Crippen LogP) is 1.57. The highest BCUT2D eigenvalue weighted by Crippen LogP contribution is 2.09. The highest BCUT2D eigenvalue weighted by atomic mass is 79.9. The van der Waals surface area contributed by atoms with Gasteiger partial charge in [-0.1, -0.05) is 15.9 Å². The van der Waals surface area contributed by atoms with Crippen LogP contribution in [0.5, 0.6) is 0 Å². The lowest BCUT2D eigenvalue weighted by Crippen LogP contribution is -2.18. The van der Waals surface area contributed by atoms with Crippen LogP contribution in [-0.4, -0.2) is 11.1 Å². The summed E-state index contributed by atoms with van der Waals surface area (Å²) in [6.07, 6.45) is 0. The van der Waals surface area contributed by atoms with E-state index in [9.17, 15) is 4.79 Å². The highest BCUT2D eigenvalue weighted by Gasteiger charge is 2.01. The first-order valence-corrected chi connectivity index (χ1v) is 3.73. The molecule has 58 valence electrons. The summed E-state index contributed by atoms with van der Waals surface area (Å²) in [6.45, 7) is 0. The quantitative estimate of drug-likeness (QED) is 0.552. The fraction of sp³-hybridized carbons (Fsp3) is 0. The number of hydrogen-bond acceptors (Lipinski definition) is 2. The first kappa shape index (κ1) is 8.23. The average molecular weight is 216 g/mol. The maximum atomic E-state index is 10.7. The van der Waals surface area contributed by atoms with Gasteiger partial charge in [0.25, 0.3) is 5.91 Å². The Bertz CT molecular complexity index is 258. The molecule has 0 aliphatic heterocycles. The predicted molar refractivity (Wildman–Crippen MR) is 43.4 cm³/mol. The summed E-state index contributed by atoms with van der Waals surface area (Å²) in [5, 5.41) is 8.25. The molecule has 0 fully saturated rings. The minimum Gasteiger partial charge on any atom is -0.288 e. The first-order chi connectivity index (χ1) is 5.24. The van der Waals surface area contributed by atoms with Crippen LogP contribution in [0.25, 0.3) is 0 Å². The number of benzene rings is 1. The number of rotatable bonds is 1. The van der Waals surface area contributed by atoms with E-state index < -0.39 is 5.91 Å². The van der Waals surface area contributed by atoms with E-state index in [1.165, 1.54) is 0 Å². The molecule has 0 heterocycles. The molecule has 1 aromatic carbocycles. The van der Waals surface area contributed by atoms with Crippen LogP contribution in [0.3, 0.4) is 0 Å². The number of hydrogen-bond donors (Lipinski definition) is 2. The molecular weight excluding hydrogens is 210 g/mol. The van der Waals surface area contributed by atoms with E-state index in [0.29, 0.717) is 5.56 Å². The zero-order valence-electron chi connectivity index (χ0n) is 5.54. The SMILES string of the molecule is O=C(NO)c1ccc(Br)cc1. The molecule has 11 heavy (non-hydrogen) atoms. The van der Waals surface area contributed by atoms with Crippen molar-refractivity contribution < 1.29 is 10.0 Å². The second kappa shape index (κ2) is 3.50. The summed E-state index contributed by atoms with van der Waals surface area (Å²) < 4.78 is 0.895. The molecule has 0 bridgehead atoms. The van der Waals surface area contributed by atoms with Crippen molar-refractivity contribution >= 4 is 21.8 Å². The largest absolute Gasteiger partial charge is 0.288 e. The normalized spacial score (nSPS) is 9.27. The van der Waals surface area contributed by atoms with Crippen LogP contribution in [0.1, 0.15) is 10.4 Å². The van der Waals surface area contributed by atoms with Crippen molar-refractivity contribution in [1.82, 2.24) is 5.48 Å². The Balaban J connectivity index is 2.90. The van der Waals surface area contributed by atoms with Gasteiger partial charge in [-0.25, -0.2) is 5.48 Å². The summed E-state index contributed by atoms with van der Waals surface area (Å²) in [5.41, 5.74) is 1.97. The fourth-order valence-corrected chi connectivity index (χ4v) is 0.930. The molecule has 1 rings (SSSR count). The van der Waals surface area contributed by atoms with Crippen LogP contribution in [0, 0.1) is 0 Å². The van der Waals surface area contributed by atoms with Gasteiger partial charge >= 0.3 is 0 Å². The van der Waals surface area contributed by atoms with Crippen molar-refractivity contribution in [2.24, 2.45) is 0 Å². The molecule has 0 aliphatic carbocycles. The van der Waals surface area contributed by atoms with Crippen molar-refractivity contribution in [2.45, 2.75) is 0 Å². The minimum atomic E-state index is -0.502. The third kappa shape index (κ3) is 2.03. The van der Waals surface area contributed by atoms with Gasteiger partial charge in [0, 0.05) is 10.0 Å². The zero-order chi connectivity index (χ0) is 8.27.